The van der Waals surface area contributed by atoms with Crippen LogP contribution < -0.4 is 10.1 Å². The second kappa shape index (κ2) is 5.82. The van der Waals surface area contributed by atoms with E-state index < -0.39 is 0 Å². The van der Waals surface area contributed by atoms with Crippen molar-refractivity contribution in [3.63, 3.8) is 0 Å². The van der Waals surface area contributed by atoms with Crippen LogP contribution in [0.5, 0.6) is 11.5 Å². The number of para-hydroxylation sites is 1. The highest BCUT2D eigenvalue weighted by molar-refractivity contribution is 6.01. The lowest BCUT2D eigenvalue weighted by Crippen LogP contribution is -2.19. The molecule has 0 aliphatic rings. The predicted octanol–water partition coefficient (Wildman–Crippen LogP) is 2.65. The molecule has 19 heavy (non-hydrogen) atoms. The maximum Gasteiger partial charge on any atom is 0.251 e. The number of benzene rings is 2. The van der Waals surface area contributed by atoms with Gasteiger partial charge in [0.2, 0.25) is 0 Å². The van der Waals surface area contributed by atoms with Crippen LogP contribution in [0.1, 0.15) is 20.7 Å². The first-order valence-electron chi connectivity index (χ1n) is 5.79. The molecule has 4 nitrogen and oxygen atoms in total. The molecule has 0 atom stereocenters. The zero-order chi connectivity index (χ0) is 13.7. The smallest absolute Gasteiger partial charge is 0.251 e. The predicted molar refractivity (Wildman–Crippen MR) is 71.7 cm³/mol. The molecular weight excluding hydrogens is 242 g/mol. The standard InChI is InChI=1S/C15H13NO3/c1-16-15(18)14-8-7-13(9-11(14)10-17)19-12-5-3-2-4-6-12/h2-10H,1H3,(H,16,18). The first-order valence-corrected chi connectivity index (χ1v) is 5.79. The number of carbonyl (C=O) groups is 2. The zero-order valence-corrected chi connectivity index (χ0v) is 10.4. The quantitative estimate of drug-likeness (QED) is 0.854. The van der Waals surface area contributed by atoms with Gasteiger partial charge in [0.1, 0.15) is 11.5 Å². The van der Waals surface area contributed by atoms with Crippen LogP contribution in [0.4, 0.5) is 0 Å². The first kappa shape index (κ1) is 12.8. The van der Waals surface area contributed by atoms with E-state index in [1.165, 1.54) is 7.05 Å². The van der Waals surface area contributed by atoms with Crippen molar-refractivity contribution < 1.29 is 14.3 Å². The molecule has 0 saturated heterocycles. The molecule has 96 valence electrons. The second-order valence-electron chi connectivity index (χ2n) is 3.86. The number of aldehydes is 1. The van der Waals surface area contributed by atoms with Crippen molar-refractivity contribution in [3.8, 4) is 11.5 Å². The summed E-state index contributed by atoms with van der Waals surface area (Å²) in [5, 5.41) is 2.49. The minimum Gasteiger partial charge on any atom is -0.457 e. The van der Waals surface area contributed by atoms with Gasteiger partial charge in [0.15, 0.2) is 6.29 Å². The summed E-state index contributed by atoms with van der Waals surface area (Å²) < 4.78 is 5.60. The summed E-state index contributed by atoms with van der Waals surface area (Å²) in [4.78, 5) is 22.6. The van der Waals surface area contributed by atoms with E-state index in [0.29, 0.717) is 28.9 Å². The lowest BCUT2D eigenvalue weighted by molar-refractivity contribution is 0.0957. The molecule has 0 unspecified atom stereocenters. The van der Waals surface area contributed by atoms with E-state index in [0.717, 1.165) is 0 Å². The highest BCUT2D eigenvalue weighted by Gasteiger charge is 2.10. The van der Waals surface area contributed by atoms with Crippen molar-refractivity contribution in [1.82, 2.24) is 5.32 Å². The Morgan fingerprint density at radius 1 is 1.11 bits per heavy atom. The molecule has 4 heteroatoms. The summed E-state index contributed by atoms with van der Waals surface area (Å²) in [6.45, 7) is 0. The fraction of sp³-hybridized carbons (Fsp3) is 0.0667. The van der Waals surface area contributed by atoms with Gasteiger partial charge in [0.05, 0.1) is 5.56 Å². The largest absolute Gasteiger partial charge is 0.457 e. The summed E-state index contributed by atoms with van der Waals surface area (Å²) in [5.41, 5.74) is 0.630. The summed E-state index contributed by atoms with van der Waals surface area (Å²) in [6.07, 6.45) is 0.641. The molecule has 2 aromatic rings. The van der Waals surface area contributed by atoms with Gasteiger partial charge in [-0.15, -0.1) is 0 Å². The van der Waals surface area contributed by atoms with E-state index in [4.69, 9.17) is 4.74 Å². The van der Waals surface area contributed by atoms with Gasteiger partial charge in [0, 0.05) is 12.6 Å². The number of ether oxygens (including phenoxy) is 1. The Balaban J connectivity index is 2.29. The fourth-order valence-electron chi connectivity index (χ4n) is 1.67. The van der Waals surface area contributed by atoms with Gasteiger partial charge in [-0.25, -0.2) is 0 Å². The van der Waals surface area contributed by atoms with Gasteiger partial charge in [-0.2, -0.15) is 0 Å². The van der Waals surface area contributed by atoms with E-state index in [2.05, 4.69) is 5.32 Å². The lowest BCUT2D eigenvalue weighted by Gasteiger charge is -2.08. The number of nitrogens with one attached hydrogen (secondary N) is 1. The molecule has 0 heterocycles. The Labute approximate surface area is 111 Å². The number of hydrogen-bond acceptors (Lipinski definition) is 3. The topological polar surface area (TPSA) is 55.4 Å². The average Bonchev–Trinajstić information content (AvgIpc) is 2.47. The molecule has 0 radical (unpaired) electrons. The summed E-state index contributed by atoms with van der Waals surface area (Å²) in [7, 11) is 1.52. The number of hydrogen-bond donors (Lipinski definition) is 1. The van der Waals surface area contributed by atoms with Crippen molar-refractivity contribution in [2.24, 2.45) is 0 Å². The van der Waals surface area contributed by atoms with Gasteiger partial charge in [-0.3, -0.25) is 9.59 Å². The highest BCUT2D eigenvalue weighted by atomic mass is 16.5. The van der Waals surface area contributed by atoms with Crippen LogP contribution in [0, 0.1) is 0 Å². The van der Waals surface area contributed by atoms with Gasteiger partial charge >= 0.3 is 0 Å². The monoisotopic (exact) mass is 255 g/mol. The van der Waals surface area contributed by atoms with Crippen molar-refractivity contribution in [2.75, 3.05) is 7.05 Å². The Bertz CT molecular complexity index is 594. The molecule has 0 spiro atoms. The Morgan fingerprint density at radius 2 is 1.84 bits per heavy atom. The van der Waals surface area contributed by atoms with Gasteiger partial charge in [-0.05, 0) is 30.3 Å². The summed E-state index contributed by atoms with van der Waals surface area (Å²) in [6, 6.07) is 14.0. The van der Waals surface area contributed by atoms with Crippen LogP contribution in [-0.4, -0.2) is 19.2 Å². The van der Waals surface area contributed by atoms with Crippen molar-refractivity contribution in [2.45, 2.75) is 0 Å². The minimum absolute atomic E-state index is 0.298. The molecule has 0 fully saturated rings. The van der Waals surface area contributed by atoms with Gasteiger partial charge in [0.25, 0.3) is 5.91 Å². The highest BCUT2D eigenvalue weighted by Crippen LogP contribution is 2.23. The van der Waals surface area contributed by atoms with Gasteiger partial charge in [-0.1, -0.05) is 18.2 Å². The minimum atomic E-state index is -0.298. The molecule has 1 N–H and O–H groups in total. The van der Waals surface area contributed by atoms with Crippen LogP contribution >= 0.6 is 0 Å². The van der Waals surface area contributed by atoms with Crippen LogP contribution in [-0.2, 0) is 0 Å². The van der Waals surface area contributed by atoms with Crippen molar-refractivity contribution in [3.05, 3.63) is 59.7 Å². The molecule has 1 amide bonds. The molecule has 0 aliphatic carbocycles. The van der Waals surface area contributed by atoms with E-state index in [1.807, 2.05) is 30.3 Å². The molecule has 0 bridgehead atoms. The van der Waals surface area contributed by atoms with Crippen LogP contribution in [0.15, 0.2) is 48.5 Å². The average molecular weight is 255 g/mol. The third-order valence-corrected chi connectivity index (χ3v) is 2.60. The SMILES string of the molecule is CNC(=O)c1ccc(Oc2ccccc2)cc1C=O. The molecule has 0 aliphatic heterocycles. The number of carbonyl (C=O) groups excluding carboxylic acids is 2. The molecule has 0 aromatic heterocycles. The molecular formula is C15H13NO3. The van der Waals surface area contributed by atoms with Crippen LogP contribution in [0.25, 0.3) is 0 Å². The van der Waals surface area contributed by atoms with E-state index >= 15 is 0 Å². The van der Waals surface area contributed by atoms with Crippen molar-refractivity contribution in [1.29, 1.82) is 0 Å². The maximum absolute atomic E-state index is 11.6. The van der Waals surface area contributed by atoms with Gasteiger partial charge < -0.3 is 10.1 Å². The normalized spacial score (nSPS) is 9.74. The summed E-state index contributed by atoms with van der Waals surface area (Å²) >= 11 is 0. The van der Waals surface area contributed by atoms with E-state index in [9.17, 15) is 9.59 Å². The van der Waals surface area contributed by atoms with E-state index in [1.54, 1.807) is 18.2 Å². The Morgan fingerprint density at radius 3 is 2.47 bits per heavy atom. The fourth-order valence-corrected chi connectivity index (χ4v) is 1.67. The molecule has 2 aromatic carbocycles. The number of amides is 1. The third-order valence-electron chi connectivity index (χ3n) is 2.60. The number of rotatable bonds is 4. The Hall–Kier alpha value is -2.62. The van der Waals surface area contributed by atoms with Crippen LogP contribution in [0.3, 0.4) is 0 Å². The Kier molecular flexibility index (Phi) is 3.93. The second-order valence-corrected chi connectivity index (χ2v) is 3.86. The zero-order valence-electron chi connectivity index (χ0n) is 10.4. The van der Waals surface area contributed by atoms with E-state index in [-0.39, 0.29) is 5.91 Å². The van der Waals surface area contributed by atoms with Crippen molar-refractivity contribution >= 4 is 12.2 Å². The molecule has 2 rings (SSSR count). The molecule has 0 saturated carbocycles. The maximum atomic E-state index is 11.6. The summed E-state index contributed by atoms with van der Waals surface area (Å²) in [5.74, 6) is 0.890. The lowest BCUT2D eigenvalue weighted by atomic mass is 10.1. The first-order chi connectivity index (χ1) is 9.24. The third kappa shape index (κ3) is 2.98. The van der Waals surface area contributed by atoms with Crippen LogP contribution in [0.2, 0.25) is 0 Å².